The van der Waals surface area contributed by atoms with Gasteiger partial charge in [-0.2, -0.15) is 0 Å². The van der Waals surface area contributed by atoms with Crippen LogP contribution in [0.15, 0.2) is 36.5 Å². The van der Waals surface area contributed by atoms with Gasteiger partial charge in [-0.25, -0.2) is 14.2 Å². The van der Waals surface area contributed by atoms with Gasteiger partial charge in [-0.05, 0) is 41.5 Å². The number of hydrogen-bond donors (Lipinski definition) is 0. The average molecular weight is 317 g/mol. The van der Waals surface area contributed by atoms with E-state index in [0.29, 0.717) is 11.3 Å². The van der Waals surface area contributed by atoms with Crippen LogP contribution in [-0.2, 0) is 22.4 Å². The molecule has 0 N–H and O–H groups in total. The summed E-state index contributed by atoms with van der Waals surface area (Å²) in [4.78, 5) is 27.4. The SMILES string of the molecule is COC(=O)c1cc(CC(=O)Cc2cc(OC)ccc2F)ccn1. The number of methoxy groups -OCH3 is 2. The molecule has 0 spiro atoms. The van der Waals surface area contributed by atoms with Crippen LogP contribution in [0, 0.1) is 5.82 Å². The number of carbonyl (C=O) groups is 2. The number of pyridine rings is 1. The maximum absolute atomic E-state index is 13.7. The van der Waals surface area contributed by atoms with Crippen molar-refractivity contribution in [3.05, 3.63) is 59.2 Å². The zero-order valence-corrected chi connectivity index (χ0v) is 12.8. The van der Waals surface area contributed by atoms with Gasteiger partial charge in [-0.3, -0.25) is 4.79 Å². The Kier molecular flexibility index (Phi) is 5.41. The molecule has 0 bridgehead atoms. The van der Waals surface area contributed by atoms with Crippen molar-refractivity contribution in [3.63, 3.8) is 0 Å². The van der Waals surface area contributed by atoms with Crippen LogP contribution in [0.3, 0.4) is 0 Å². The minimum atomic E-state index is -0.571. The second kappa shape index (κ2) is 7.49. The number of Topliss-reactive ketones (excluding diaryl/α,β-unsaturated/α-hetero) is 1. The Bertz CT molecular complexity index is 730. The van der Waals surface area contributed by atoms with Crippen molar-refractivity contribution in [2.75, 3.05) is 14.2 Å². The summed E-state index contributed by atoms with van der Waals surface area (Å²) in [5.41, 5.74) is 1.02. The van der Waals surface area contributed by atoms with Gasteiger partial charge in [0.1, 0.15) is 23.0 Å². The Hall–Kier alpha value is -2.76. The summed E-state index contributed by atoms with van der Waals surface area (Å²) in [5.74, 6) is -0.715. The standard InChI is InChI=1S/C17H16FNO4/c1-22-14-3-4-15(18)12(10-14)9-13(20)7-11-5-6-19-16(8-11)17(21)23-2/h3-6,8,10H,7,9H2,1-2H3. The highest BCUT2D eigenvalue weighted by Crippen LogP contribution is 2.18. The van der Waals surface area contributed by atoms with Crippen LogP contribution >= 0.6 is 0 Å². The molecule has 0 radical (unpaired) electrons. The normalized spacial score (nSPS) is 10.2. The monoisotopic (exact) mass is 317 g/mol. The molecule has 0 aliphatic carbocycles. The molecule has 0 aliphatic rings. The van der Waals surface area contributed by atoms with Crippen LogP contribution in [-0.4, -0.2) is 31.0 Å². The number of carbonyl (C=O) groups excluding carboxylic acids is 2. The Balaban J connectivity index is 2.09. The lowest BCUT2D eigenvalue weighted by atomic mass is 10.0. The molecule has 6 heteroatoms. The number of hydrogen-bond acceptors (Lipinski definition) is 5. The second-order valence-electron chi connectivity index (χ2n) is 4.89. The van der Waals surface area contributed by atoms with Crippen molar-refractivity contribution in [1.82, 2.24) is 4.98 Å². The van der Waals surface area contributed by atoms with Crippen molar-refractivity contribution in [2.24, 2.45) is 0 Å². The van der Waals surface area contributed by atoms with Crippen LogP contribution in [0.1, 0.15) is 21.6 Å². The third-order valence-corrected chi connectivity index (χ3v) is 3.26. The van der Waals surface area contributed by atoms with Gasteiger partial charge in [0.25, 0.3) is 0 Å². The molecule has 120 valence electrons. The molecule has 0 atom stereocenters. The van der Waals surface area contributed by atoms with Crippen LogP contribution < -0.4 is 4.74 Å². The van der Waals surface area contributed by atoms with E-state index < -0.39 is 11.8 Å². The van der Waals surface area contributed by atoms with Gasteiger partial charge in [-0.15, -0.1) is 0 Å². The number of halogens is 1. The number of nitrogens with zero attached hydrogens (tertiary/aromatic N) is 1. The molecule has 1 aromatic carbocycles. The summed E-state index contributed by atoms with van der Waals surface area (Å²) in [6.45, 7) is 0. The van der Waals surface area contributed by atoms with Gasteiger partial charge in [0, 0.05) is 19.0 Å². The van der Waals surface area contributed by atoms with E-state index in [-0.39, 0.29) is 29.9 Å². The number of ketones is 1. The molecular formula is C17H16FNO4. The summed E-state index contributed by atoms with van der Waals surface area (Å²) in [5, 5.41) is 0. The van der Waals surface area contributed by atoms with Crippen LogP contribution in [0.2, 0.25) is 0 Å². The topological polar surface area (TPSA) is 65.5 Å². The van der Waals surface area contributed by atoms with E-state index in [9.17, 15) is 14.0 Å². The Morgan fingerprint density at radius 2 is 1.91 bits per heavy atom. The lowest BCUT2D eigenvalue weighted by Gasteiger charge is -2.06. The molecule has 0 aliphatic heterocycles. The molecule has 0 saturated heterocycles. The lowest BCUT2D eigenvalue weighted by Crippen LogP contribution is -2.10. The van der Waals surface area contributed by atoms with E-state index in [2.05, 4.69) is 9.72 Å². The van der Waals surface area contributed by atoms with Crippen LogP contribution in [0.25, 0.3) is 0 Å². The molecule has 0 fully saturated rings. The summed E-state index contributed by atoms with van der Waals surface area (Å²) in [7, 11) is 2.73. The van der Waals surface area contributed by atoms with E-state index in [0.717, 1.165) is 0 Å². The molecule has 0 saturated carbocycles. The second-order valence-corrected chi connectivity index (χ2v) is 4.89. The van der Waals surface area contributed by atoms with Gasteiger partial charge in [0.05, 0.1) is 14.2 Å². The maximum atomic E-state index is 13.7. The fourth-order valence-electron chi connectivity index (χ4n) is 2.12. The maximum Gasteiger partial charge on any atom is 0.356 e. The minimum absolute atomic E-state index is 0.0566. The Morgan fingerprint density at radius 3 is 2.61 bits per heavy atom. The highest BCUT2D eigenvalue weighted by Gasteiger charge is 2.13. The van der Waals surface area contributed by atoms with Gasteiger partial charge in [-0.1, -0.05) is 0 Å². The zero-order chi connectivity index (χ0) is 16.8. The smallest absolute Gasteiger partial charge is 0.356 e. The van der Waals surface area contributed by atoms with Crippen molar-refractivity contribution in [2.45, 2.75) is 12.8 Å². The largest absolute Gasteiger partial charge is 0.497 e. The first-order chi connectivity index (χ1) is 11.0. The molecule has 0 unspecified atom stereocenters. The van der Waals surface area contributed by atoms with Gasteiger partial charge in [0.15, 0.2) is 0 Å². The van der Waals surface area contributed by atoms with E-state index >= 15 is 0 Å². The van der Waals surface area contributed by atoms with E-state index in [4.69, 9.17) is 4.74 Å². The number of esters is 1. The third-order valence-electron chi connectivity index (χ3n) is 3.26. The highest BCUT2D eigenvalue weighted by molar-refractivity contribution is 5.88. The first-order valence-electron chi connectivity index (χ1n) is 6.91. The molecular weight excluding hydrogens is 301 g/mol. The third kappa shape index (κ3) is 4.35. The minimum Gasteiger partial charge on any atom is -0.497 e. The summed E-state index contributed by atoms with van der Waals surface area (Å²) in [6, 6.07) is 7.38. The quantitative estimate of drug-likeness (QED) is 0.765. The number of ether oxygens (including phenoxy) is 2. The van der Waals surface area contributed by atoms with Crippen molar-refractivity contribution < 1.29 is 23.5 Å². The molecule has 0 amide bonds. The Labute approximate surface area is 133 Å². The molecule has 1 heterocycles. The fraction of sp³-hybridized carbons (Fsp3) is 0.235. The molecule has 1 aromatic heterocycles. The summed E-state index contributed by atoms with van der Waals surface area (Å²) < 4.78 is 23.4. The van der Waals surface area contributed by atoms with E-state index in [1.165, 1.54) is 44.7 Å². The predicted molar refractivity (Wildman–Crippen MR) is 80.9 cm³/mol. The predicted octanol–water partition coefficient (Wildman–Crippen LogP) is 2.37. The van der Waals surface area contributed by atoms with Gasteiger partial charge < -0.3 is 9.47 Å². The first-order valence-corrected chi connectivity index (χ1v) is 6.91. The molecule has 2 aromatic rings. The fourth-order valence-corrected chi connectivity index (χ4v) is 2.12. The average Bonchev–Trinajstić information content (AvgIpc) is 2.56. The van der Waals surface area contributed by atoms with Crippen molar-refractivity contribution in [3.8, 4) is 5.75 Å². The van der Waals surface area contributed by atoms with Crippen LogP contribution in [0.5, 0.6) is 5.75 Å². The summed E-state index contributed by atoms with van der Waals surface area (Å²) in [6.07, 6.45) is 1.45. The van der Waals surface area contributed by atoms with Gasteiger partial charge in [0.2, 0.25) is 0 Å². The summed E-state index contributed by atoms with van der Waals surface area (Å²) >= 11 is 0. The Morgan fingerprint density at radius 1 is 1.13 bits per heavy atom. The van der Waals surface area contributed by atoms with Crippen LogP contribution in [0.4, 0.5) is 4.39 Å². The molecule has 23 heavy (non-hydrogen) atoms. The number of rotatable bonds is 6. The first kappa shape index (κ1) is 16.6. The van der Waals surface area contributed by atoms with Crippen molar-refractivity contribution in [1.29, 1.82) is 0 Å². The number of benzene rings is 1. The lowest BCUT2D eigenvalue weighted by molar-refractivity contribution is -0.117. The molecule has 5 nitrogen and oxygen atoms in total. The zero-order valence-electron chi connectivity index (χ0n) is 12.8. The van der Waals surface area contributed by atoms with Crippen molar-refractivity contribution >= 4 is 11.8 Å². The van der Waals surface area contributed by atoms with Gasteiger partial charge >= 0.3 is 5.97 Å². The highest BCUT2D eigenvalue weighted by atomic mass is 19.1. The van der Waals surface area contributed by atoms with E-state index in [1.54, 1.807) is 6.07 Å². The molecule has 2 rings (SSSR count). The van der Waals surface area contributed by atoms with E-state index in [1.807, 2.05) is 0 Å². The number of aromatic nitrogens is 1.